The fraction of sp³-hybridized carbons (Fsp3) is 0. The van der Waals surface area contributed by atoms with Gasteiger partial charge in [0.05, 0.1) is 0 Å². The predicted octanol–water partition coefficient (Wildman–Crippen LogP) is -0.509. The summed E-state index contributed by atoms with van der Waals surface area (Å²) in [6.07, 6.45) is 0. The van der Waals surface area contributed by atoms with E-state index in [0.29, 0.717) is 0 Å². The molecule has 0 saturated heterocycles. The van der Waals surface area contributed by atoms with Gasteiger partial charge in [0.15, 0.2) is 5.34 Å². The topological polar surface area (TPSA) is 49.7 Å². The number of hydrogen-bond donors (Lipinski definition) is 1. The van der Waals surface area contributed by atoms with Crippen molar-refractivity contribution < 1.29 is 22.0 Å². The predicted molar refractivity (Wildman–Crippen MR) is 14.7 cm³/mol. The summed E-state index contributed by atoms with van der Waals surface area (Å²) >= 11 is 0. The Hall–Kier alpha value is 1.54. The van der Waals surface area contributed by atoms with E-state index in [1.54, 1.807) is 0 Å². The third-order valence-electron chi connectivity index (χ3n) is 0. The molecule has 0 aliphatic heterocycles. The van der Waals surface area contributed by atoms with Crippen LogP contribution in [-0.4, -0.2) is 56.6 Å². The first-order valence-corrected chi connectivity index (χ1v) is 0.383. The van der Waals surface area contributed by atoms with Crippen LogP contribution < -0.4 is 0 Å². The van der Waals surface area contributed by atoms with Gasteiger partial charge in [0.25, 0.3) is 0 Å². The van der Waals surface area contributed by atoms with Crippen LogP contribution in [0.3, 0.4) is 0 Å². The molecule has 0 saturated carbocycles. The van der Waals surface area contributed by atoms with Crippen LogP contribution in [0.15, 0.2) is 5.34 Å². The Morgan fingerprint density at radius 1 is 1.60 bits per heavy atom. The second kappa shape index (κ2) is 17.7. The van der Waals surface area contributed by atoms with E-state index in [1.165, 1.54) is 5.34 Å². The van der Waals surface area contributed by atoms with Crippen molar-refractivity contribution in [3.63, 3.8) is 0 Å². The molecule has 0 aliphatic rings. The maximum atomic E-state index is 8.11. The van der Waals surface area contributed by atoms with Gasteiger partial charge in [-0.2, -0.15) is 0 Å². The molecule has 0 aromatic rings. The summed E-state index contributed by atoms with van der Waals surface area (Å²) in [7, 11) is 0. The molecule has 0 aromatic heterocycles. The molecule has 5 heavy (non-hydrogen) atoms. The molecule has 1 radical (unpaired) electrons. The van der Waals surface area contributed by atoms with Crippen molar-refractivity contribution in [1.82, 2.24) is 0 Å². The first-order chi connectivity index (χ1) is 1.41. The van der Waals surface area contributed by atoms with E-state index in [2.05, 4.69) is 0 Å². The average Bonchev–Trinajstić information content (AvgIpc) is 0.918. The Balaban J connectivity index is -0.0000000200. The summed E-state index contributed by atoms with van der Waals surface area (Å²) in [6.45, 7) is 0. The molecule has 1 N–H and O–H groups in total. The third-order valence-corrected chi connectivity index (χ3v) is 0. The van der Waals surface area contributed by atoms with E-state index < -0.39 is 0 Å². The molecule has 0 amide bonds. The third kappa shape index (κ3) is 29.2. The minimum absolute atomic E-state index is 0. The van der Waals surface area contributed by atoms with E-state index in [-0.39, 0.29) is 68.2 Å². The van der Waals surface area contributed by atoms with Crippen molar-refractivity contribution in [2.24, 2.45) is 5.34 Å². The molecule has 0 heterocycles. The SMILES string of the molecule is O=NO.[Co].[KH]. The van der Waals surface area contributed by atoms with Crippen molar-refractivity contribution in [1.29, 1.82) is 0 Å². The standard InChI is InChI=1S/Co.K.HNO2.H/c;;2-1-3;/h;;(H,2,3);. The van der Waals surface area contributed by atoms with E-state index >= 15 is 0 Å². The van der Waals surface area contributed by atoms with Crippen LogP contribution in [0.1, 0.15) is 0 Å². The molecule has 0 bridgehead atoms. The van der Waals surface area contributed by atoms with Crippen LogP contribution in [0.4, 0.5) is 0 Å². The zero-order valence-corrected chi connectivity index (χ0v) is 2.68. The van der Waals surface area contributed by atoms with Crippen molar-refractivity contribution in [2.45, 2.75) is 0 Å². The van der Waals surface area contributed by atoms with Crippen LogP contribution in [-0.2, 0) is 16.8 Å². The van der Waals surface area contributed by atoms with Gasteiger partial charge in [0, 0.05) is 16.8 Å². The summed E-state index contributed by atoms with van der Waals surface area (Å²) in [5.74, 6) is 0. The molecule has 0 aliphatic carbocycles. The average molecular weight is 146 g/mol. The Bertz CT molecular complexity index is 17.1. The molecular formula is H2CoKNO2. The van der Waals surface area contributed by atoms with E-state index in [4.69, 9.17) is 10.1 Å². The molecule has 29 valence electrons. The Labute approximate surface area is 82.1 Å². The molecule has 3 nitrogen and oxygen atoms in total. The summed E-state index contributed by atoms with van der Waals surface area (Å²) in [6, 6.07) is 0. The van der Waals surface area contributed by atoms with Crippen LogP contribution in [0.2, 0.25) is 0 Å². The minimum atomic E-state index is 0. The molecule has 0 fully saturated rings. The number of nitrogens with zero attached hydrogens (tertiary/aromatic N) is 1. The van der Waals surface area contributed by atoms with Gasteiger partial charge in [-0.05, 0) is 0 Å². The molecule has 0 spiro atoms. The molecule has 0 unspecified atom stereocenters. The van der Waals surface area contributed by atoms with Crippen molar-refractivity contribution in [3.05, 3.63) is 4.91 Å². The number of hydrogen-bond acceptors (Lipinski definition) is 2. The monoisotopic (exact) mass is 146 g/mol. The van der Waals surface area contributed by atoms with Crippen molar-refractivity contribution >= 4 is 51.4 Å². The van der Waals surface area contributed by atoms with Gasteiger partial charge in [0.1, 0.15) is 0 Å². The second-order valence-electron chi connectivity index (χ2n) is 0.0816. The van der Waals surface area contributed by atoms with Gasteiger partial charge < -0.3 is 5.21 Å². The van der Waals surface area contributed by atoms with Gasteiger partial charge in [0.2, 0.25) is 0 Å². The molecule has 0 rings (SSSR count). The van der Waals surface area contributed by atoms with Crippen molar-refractivity contribution in [2.75, 3.05) is 0 Å². The van der Waals surface area contributed by atoms with E-state index in [1.807, 2.05) is 0 Å². The van der Waals surface area contributed by atoms with Gasteiger partial charge in [-0.3, -0.25) is 0 Å². The van der Waals surface area contributed by atoms with Gasteiger partial charge in [-0.15, -0.1) is 4.91 Å². The molecule has 0 atom stereocenters. The Morgan fingerprint density at radius 2 is 1.60 bits per heavy atom. The number of rotatable bonds is 0. The summed E-state index contributed by atoms with van der Waals surface area (Å²) < 4.78 is 0. The normalized spacial score (nSPS) is 2.40. The molecule has 5 heteroatoms. The van der Waals surface area contributed by atoms with Gasteiger partial charge in [-0.25, -0.2) is 0 Å². The van der Waals surface area contributed by atoms with Gasteiger partial charge >= 0.3 is 51.4 Å². The molecule has 0 aromatic carbocycles. The Kier molecular flexibility index (Phi) is 56.7. The van der Waals surface area contributed by atoms with Crippen LogP contribution in [0.5, 0.6) is 0 Å². The van der Waals surface area contributed by atoms with E-state index in [0.717, 1.165) is 0 Å². The zero-order chi connectivity index (χ0) is 2.71. The van der Waals surface area contributed by atoms with Gasteiger partial charge in [-0.1, -0.05) is 0 Å². The fourth-order valence-corrected chi connectivity index (χ4v) is 0. The van der Waals surface area contributed by atoms with Crippen LogP contribution in [0, 0.1) is 4.91 Å². The first kappa shape index (κ1) is 16.0. The summed E-state index contributed by atoms with van der Waals surface area (Å²) in [5.41, 5.74) is 0. The summed E-state index contributed by atoms with van der Waals surface area (Å²) in [4.78, 5) is 8.11. The maximum absolute atomic E-state index is 8.11. The Morgan fingerprint density at radius 3 is 1.60 bits per heavy atom. The second-order valence-corrected chi connectivity index (χ2v) is 0.0816. The molecular weight excluding hydrogens is 144 g/mol. The van der Waals surface area contributed by atoms with Crippen molar-refractivity contribution in [3.8, 4) is 0 Å². The summed E-state index contributed by atoms with van der Waals surface area (Å²) in [5, 5.41) is 7.89. The quantitative estimate of drug-likeness (QED) is 0.284. The van der Waals surface area contributed by atoms with Crippen LogP contribution >= 0.6 is 0 Å². The van der Waals surface area contributed by atoms with E-state index in [9.17, 15) is 0 Å². The zero-order valence-electron chi connectivity index (χ0n) is 1.64. The first-order valence-electron chi connectivity index (χ1n) is 0.383. The van der Waals surface area contributed by atoms with Crippen LogP contribution in [0.25, 0.3) is 0 Å². The fourth-order valence-electron chi connectivity index (χ4n) is 0.